The molecule has 1 rings (SSSR count). The molecule has 1 atom stereocenters. The van der Waals surface area contributed by atoms with Crippen LogP contribution in [0.5, 0.6) is 0 Å². The minimum absolute atomic E-state index is 0.517. The fourth-order valence-corrected chi connectivity index (χ4v) is 1.19. The van der Waals surface area contributed by atoms with Crippen LogP contribution in [-0.4, -0.2) is 0 Å². The molecule has 0 amide bonds. The van der Waals surface area contributed by atoms with Gasteiger partial charge in [-0.25, -0.2) is 0 Å². The Labute approximate surface area is 56.0 Å². The van der Waals surface area contributed by atoms with Crippen molar-refractivity contribution in [2.45, 2.75) is 26.2 Å². The van der Waals surface area contributed by atoms with E-state index in [1.54, 1.807) is 0 Å². The second-order valence-electron chi connectivity index (χ2n) is 2.60. The van der Waals surface area contributed by atoms with Gasteiger partial charge in [0.15, 0.2) is 0 Å². The zero-order chi connectivity index (χ0) is 6.69. The lowest BCUT2D eigenvalue weighted by Crippen LogP contribution is -2.01. The van der Waals surface area contributed by atoms with Crippen LogP contribution in [0.1, 0.15) is 26.2 Å². The third-order valence-electron chi connectivity index (χ3n) is 1.87. The smallest absolute Gasteiger partial charge is 0.0946 e. The molecule has 0 spiro atoms. The van der Waals surface area contributed by atoms with Crippen LogP contribution >= 0.6 is 0 Å². The van der Waals surface area contributed by atoms with Crippen molar-refractivity contribution in [3.63, 3.8) is 0 Å². The Balaban J connectivity index is 2.67. The molecule has 9 heavy (non-hydrogen) atoms. The van der Waals surface area contributed by atoms with Crippen LogP contribution in [0.25, 0.3) is 0 Å². The summed E-state index contributed by atoms with van der Waals surface area (Å²) in [6, 6.07) is 2.21. The van der Waals surface area contributed by atoms with E-state index in [9.17, 15) is 0 Å². The van der Waals surface area contributed by atoms with Crippen LogP contribution in [0.15, 0.2) is 11.6 Å². The predicted molar refractivity (Wildman–Crippen MR) is 36.7 cm³/mol. The van der Waals surface area contributed by atoms with Gasteiger partial charge in [-0.05, 0) is 25.2 Å². The average Bonchev–Trinajstić information content (AvgIpc) is 1.89. The number of allylic oxidation sites excluding steroid dienone is 2. The van der Waals surface area contributed by atoms with Crippen molar-refractivity contribution in [1.29, 1.82) is 5.26 Å². The van der Waals surface area contributed by atoms with Gasteiger partial charge in [0.2, 0.25) is 0 Å². The summed E-state index contributed by atoms with van der Waals surface area (Å²) >= 11 is 0. The summed E-state index contributed by atoms with van der Waals surface area (Å²) in [7, 11) is 0. The quantitative estimate of drug-likeness (QED) is 0.482. The van der Waals surface area contributed by atoms with Crippen molar-refractivity contribution in [3.05, 3.63) is 11.6 Å². The van der Waals surface area contributed by atoms with Crippen LogP contribution in [0.4, 0.5) is 0 Å². The summed E-state index contributed by atoms with van der Waals surface area (Å²) in [5.74, 6) is 0.517. The third kappa shape index (κ3) is 1.32. The molecule has 0 radical (unpaired) electrons. The molecule has 0 aromatic carbocycles. The molecule has 48 valence electrons. The monoisotopic (exact) mass is 121 g/mol. The number of hydrogen-bond acceptors (Lipinski definition) is 1. The minimum atomic E-state index is 0.517. The van der Waals surface area contributed by atoms with E-state index in [1.165, 1.54) is 12.8 Å². The topological polar surface area (TPSA) is 23.8 Å². The van der Waals surface area contributed by atoms with E-state index < -0.39 is 0 Å². The molecule has 0 bridgehead atoms. The summed E-state index contributed by atoms with van der Waals surface area (Å²) in [6.07, 6.45) is 5.62. The van der Waals surface area contributed by atoms with E-state index in [1.807, 2.05) is 0 Å². The molecule has 0 aromatic rings. The Morgan fingerprint density at radius 3 is 3.00 bits per heavy atom. The van der Waals surface area contributed by atoms with Crippen molar-refractivity contribution in [2.75, 3.05) is 0 Å². The Hall–Kier alpha value is -0.770. The second-order valence-corrected chi connectivity index (χ2v) is 2.60. The number of nitrogens with zero attached hydrogens (tertiary/aromatic N) is 1. The highest BCUT2D eigenvalue weighted by atomic mass is 14.3. The first-order chi connectivity index (χ1) is 4.34. The Bertz CT molecular complexity index is 162. The summed E-state index contributed by atoms with van der Waals surface area (Å²) < 4.78 is 0. The molecular weight excluding hydrogens is 110 g/mol. The van der Waals surface area contributed by atoms with Gasteiger partial charge in [-0.1, -0.05) is 13.0 Å². The molecule has 0 heterocycles. The Kier molecular flexibility index (Phi) is 1.89. The summed E-state index contributed by atoms with van der Waals surface area (Å²) in [4.78, 5) is 0. The van der Waals surface area contributed by atoms with Gasteiger partial charge in [-0.15, -0.1) is 0 Å². The molecule has 1 heteroatoms. The van der Waals surface area contributed by atoms with E-state index in [2.05, 4.69) is 19.1 Å². The zero-order valence-corrected chi connectivity index (χ0v) is 5.72. The van der Waals surface area contributed by atoms with Crippen LogP contribution in [0, 0.1) is 17.2 Å². The molecule has 0 fully saturated rings. The van der Waals surface area contributed by atoms with Crippen molar-refractivity contribution in [1.82, 2.24) is 0 Å². The second kappa shape index (κ2) is 2.68. The SMILES string of the molecule is CC1CCCC=C1C#N. The summed E-state index contributed by atoms with van der Waals surface area (Å²) in [5.41, 5.74) is 0.987. The van der Waals surface area contributed by atoms with Gasteiger partial charge in [-0.2, -0.15) is 5.26 Å². The first-order valence-electron chi connectivity index (χ1n) is 3.44. The maximum atomic E-state index is 8.54. The van der Waals surface area contributed by atoms with E-state index >= 15 is 0 Å². The van der Waals surface area contributed by atoms with Crippen LogP contribution in [0.2, 0.25) is 0 Å². The molecule has 0 saturated carbocycles. The van der Waals surface area contributed by atoms with Gasteiger partial charge in [-0.3, -0.25) is 0 Å². The van der Waals surface area contributed by atoms with Crippen LogP contribution < -0.4 is 0 Å². The van der Waals surface area contributed by atoms with Crippen molar-refractivity contribution < 1.29 is 0 Å². The molecular formula is C8H11N. The van der Waals surface area contributed by atoms with Gasteiger partial charge < -0.3 is 0 Å². The first-order valence-corrected chi connectivity index (χ1v) is 3.44. The average molecular weight is 121 g/mol. The maximum absolute atomic E-state index is 8.54. The van der Waals surface area contributed by atoms with Crippen LogP contribution in [-0.2, 0) is 0 Å². The lowest BCUT2D eigenvalue weighted by Gasteiger charge is -2.13. The highest BCUT2D eigenvalue weighted by Crippen LogP contribution is 2.22. The first kappa shape index (κ1) is 6.35. The van der Waals surface area contributed by atoms with Gasteiger partial charge in [0.25, 0.3) is 0 Å². The normalized spacial score (nSPS) is 26.7. The number of hydrogen-bond donors (Lipinski definition) is 0. The standard InChI is InChI=1S/C8H11N/c1-7-4-2-3-5-8(7)6-9/h5,7H,2-4H2,1H3. The summed E-state index contributed by atoms with van der Waals surface area (Å²) in [6.45, 7) is 2.12. The van der Waals surface area contributed by atoms with Crippen molar-refractivity contribution >= 4 is 0 Å². The van der Waals surface area contributed by atoms with Crippen molar-refractivity contribution in [2.24, 2.45) is 5.92 Å². The fourth-order valence-electron chi connectivity index (χ4n) is 1.19. The molecule has 1 aliphatic carbocycles. The lowest BCUT2D eigenvalue weighted by molar-refractivity contribution is 0.565. The fraction of sp³-hybridized carbons (Fsp3) is 0.625. The molecule has 1 nitrogen and oxygen atoms in total. The predicted octanol–water partition coefficient (Wildman–Crippen LogP) is 2.26. The Morgan fingerprint density at radius 1 is 1.78 bits per heavy atom. The molecule has 0 saturated heterocycles. The molecule has 0 aromatic heterocycles. The molecule has 0 aliphatic heterocycles. The third-order valence-corrected chi connectivity index (χ3v) is 1.87. The van der Waals surface area contributed by atoms with E-state index in [4.69, 9.17) is 5.26 Å². The number of nitriles is 1. The zero-order valence-electron chi connectivity index (χ0n) is 5.72. The Morgan fingerprint density at radius 2 is 2.56 bits per heavy atom. The summed E-state index contributed by atoms with van der Waals surface area (Å²) in [5, 5.41) is 8.54. The largest absolute Gasteiger partial charge is 0.193 e. The van der Waals surface area contributed by atoms with Crippen molar-refractivity contribution in [3.8, 4) is 6.07 Å². The highest BCUT2D eigenvalue weighted by Gasteiger charge is 2.10. The number of rotatable bonds is 0. The van der Waals surface area contributed by atoms with E-state index in [-0.39, 0.29) is 0 Å². The lowest BCUT2D eigenvalue weighted by atomic mass is 9.90. The minimum Gasteiger partial charge on any atom is -0.193 e. The highest BCUT2D eigenvalue weighted by molar-refractivity contribution is 5.24. The van der Waals surface area contributed by atoms with Gasteiger partial charge in [0.1, 0.15) is 0 Å². The molecule has 1 aliphatic rings. The van der Waals surface area contributed by atoms with E-state index in [0.29, 0.717) is 5.92 Å². The van der Waals surface area contributed by atoms with Gasteiger partial charge in [0.05, 0.1) is 6.07 Å². The molecule has 1 unspecified atom stereocenters. The molecule has 0 N–H and O–H groups in total. The van der Waals surface area contributed by atoms with Gasteiger partial charge in [0, 0.05) is 5.57 Å². The van der Waals surface area contributed by atoms with Crippen LogP contribution in [0.3, 0.4) is 0 Å². The van der Waals surface area contributed by atoms with E-state index in [0.717, 1.165) is 12.0 Å². The maximum Gasteiger partial charge on any atom is 0.0946 e. The van der Waals surface area contributed by atoms with Gasteiger partial charge >= 0.3 is 0 Å².